The number of nitrogens with two attached hydrogens (primary N) is 1. The molecule has 1 heterocycles. The van der Waals surface area contributed by atoms with E-state index in [9.17, 15) is 4.79 Å². The Hall–Kier alpha value is -2.62. The molecule has 0 radical (unpaired) electrons. The van der Waals surface area contributed by atoms with Crippen LogP contribution in [0.15, 0.2) is 53.6 Å². The maximum atomic E-state index is 11.7. The lowest BCUT2D eigenvalue weighted by Gasteiger charge is -2.08. The van der Waals surface area contributed by atoms with Crippen molar-refractivity contribution in [3.05, 3.63) is 65.2 Å². The second-order valence-electron chi connectivity index (χ2n) is 4.85. The molecule has 2 aromatic carbocycles. The summed E-state index contributed by atoms with van der Waals surface area (Å²) in [6.45, 7) is 0. The predicted octanol–water partition coefficient (Wildman–Crippen LogP) is 1.89. The molecule has 0 saturated heterocycles. The maximum absolute atomic E-state index is 11.7. The third-order valence-corrected chi connectivity index (χ3v) is 3.32. The number of hydrogen-bond donors (Lipinski definition) is 2. The van der Waals surface area contributed by atoms with Gasteiger partial charge in [0.1, 0.15) is 0 Å². The molecule has 3 N–H and O–H groups in total. The quantitative estimate of drug-likeness (QED) is 0.814. The zero-order chi connectivity index (χ0) is 13.9. The summed E-state index contributed by atoms with van der Waals surface area (Å²) >= 11 is 0. The minimum atomic E-state index is -0.0833. The van der Waals surface area contributed by atoms with E-state index < -0.39 is 0 Å². The van der Waals surface area contributed by atoms with Gasteiger partial charge in [-0.25, -0.2) is 5.43 Å². The maximum Gasteiger partial charge on any atom is 0.244 e. The summed E-state index contributed by atoms with van der Waals surface area (Å²) in [6.07, 6.45) is 1.00. The van der Waals surface area contributed by atoms with Crippen LogP contribution in [-0.2, 0) is 17.6 Å². The van der Waals surface area contributed by atoms with Gasteiger partial charge in [0.05, 0.1) is 12.1 Å². The number of anilines is 1. The van der Waals surface area contributed by atoms with Gasteiger partial charge in [-0.1, -0.05) is 36.4 Å². The van der Waals surface area contributed by atoms with Crippen molar-refractivity contribution in [2.24, 2.45) is 5.10 Å². The van der Waals surface area contributed by atoms with E-state index in [1.54, 1.807) is 0 Å². The van der Waals surface area contributed by atoms with Crippen molar-refractivity contribution >= 4 is 17.3 Å². The topological polar surface area (TPSA) is 67.5 Å². The summed E-state index contributed by atoms with van der Waals surface area (Å²) in [4.78, 5) is 11.7. The van der Waals surface area contributed by atoms with Crippen molar-refractivity contribution in [2.75, 3.05) is 5.73 Å². The highest BCUT2D eigenvalue weighted by Crippen LogP contribution is 2.17. The third-order valence-electron chi connectivity index (χ3n) is 3.32. The Bertz CT molecular complexity index is 692. The molecule has 1 aliphatic rings. The summed E-state index contributed by atoms with van der Waals surface area (Å²) < 4.78 is 0. The number of benzene rings is 2. The first-order valence-corrected chi connectivity index (χ1v) is 6.50. The van der Waals surface area contributed by atoms with Gasteiger partial charge < -0.3 is 5.73 Å². The fourth-order valence-electron chi connectivity index (χ4n) is 2.39. The molecule has 4 heteroatoms. The SMILES string of the molecule is Nc1cccc(CC2=NNC(=O)Cc3ccccc32)c1. The Morgan fingerprint density at radius 3 is 2.85 bits per heavy atom. The number of nitrogens with one attached hydrogen (secondary N) is 1. The van der Waals surface area contributed by atoms with Gasteiger partial charge in [-0.2, -0.15) is 5.10 Å². The molecular formula is C16H15N3O. The van der Waals surface area contributed by atoms with Crippen LogP contribution in [0.4, 0.5) is 5.69 Å². The van der Waals surface area contributed by atoms with Gasteiger partial charge in [0.25, 0.3) is 0 Å². The number of rotatable bonds is 2. The van der Waals surface area contributed by atoms with Crippen molar-refractivity contribution in [1.82, 2.24) is 5.43 Å². The highest BCUT2D eigenvalue weighted by molar-refractivity contribution is 6.05. The minimum Gasteiger partial charge on any atom is -0.399 e. The molecule has 0 aliphatic carbocycles. The van der Waals surface area contributed by atoms with Crippen LogP contribution in [0.5, 0.6) is 0 Å². The lowest BCUT2D eigenvalue weighted by Crippen LogP contribution is -2.18. The average Bonchev–Trinajstić information content (AvgIpc) is 2.59. The highest BCUT2D eigenvalue weighted by Gasteiger charge is 2.16. The summed E-state index contributed by atoms with van der Waals surface area (Å²) in [5.74, 6) is -0.0833. The van der Waals surface area contributed by atoms with E-state index in [-0.39, 0.29) is 5.91 Å². The van der Waals surface area contributed by atoms with Crippen molar-refractivity contribution in [2.45, 2.75) is 12.8 Å². The second kappa shape index (κ2) is 5.17. The number of hydrogen-bond acceptors (Lipinski definition) is 3. The normalized spacial score (nSPS) is 14.0. The third kappa shape index (κ3) is 2.54. The average molecular weight is 265 g/mol. The Balaban J connectivity index is 1.98. The van der Waals surface area contributed by atoms with Gasteiger partial charge in [0.15, 0.2) is 0 Å². The largest absolute Gasteiger partial charge is 0.399 e. The van der Waals surface area contributed by atoms with E-state index in [0.717, 1.165) is 28.1 Å². The minimum absolute atomic E-state index is 0.0833. The van der Waals surface area contributed by atoms with Gasteiger partial charge in [-0.3, -0.25) is 4.79 Å². The van der Waals surface area contributed by atoms with Crippen LogP contribution in [0, 0.1) is 0 Å². The molecule has 1 amide bonds. The van der Waals surface area contributed by atoms with Gasteiger partial charge in [0, 0.05) is 17.7 Å². The first kappa shape index (κ1) is 12.4. The van der Waals surface area contributed by atoms with E-state index >= 15 is 0 Å². The smallest absolute Gasteiger partial charge is 0.244 e. The van der Waals surface area contributed by atoms with Crippen LogP contribution in [0.2, 0.25) is 0 Å². The molecule has 0 bridgehead atoms. The molecule has 20 heavy (non-hydrogen) atoms. The van der Waals surface area contributed by atoms with Crippen molar-refractivity contribution in [1.29, 1.82) is 0 Å². The van der Waals surface area contributed by atoms with E-state index in [1.807, 2.05) is 48.5 Å². The zero-order valence-electron chi connectivity index (χ0n) is 11.0. The van der Waals surface area contributed by atoms with Crippen LogP contribution in [0.1, 0.15) is 16.7 Å². The first-order chi connectivity index (χ1) is 9.72. The van der Waals surface area contributed by atoms with Crippen molar-refractivity contribution in [3.63, 3.8) is 0 Å². The molecule has 3 rings (SSSR count). The van der Waals surface area contributed by atoms with Gasteiger partial charge in [0.2, 0.25) is 5.91 Å². The fourth-order valence-corrected chi connectivity index (χ4v) is 2.39. The molecule has 0 unspecified atom stereocenters. The zero-order valence-corrected chi connectivity index (χ0v) is 11.0. The van der Waals surface area contributed by atoms with Crippen LogP contribution in [-0.4, -0.2) is 11.6 Å². The first-order valence-electron chi connectivity index (χ1n) is 6.50. The lowest BCUT2D eigenvalue weighted by molar-refractivity contribution is -0.120. The van der Waals surface area contributed by atoms with Gasteiger partial charge in [-0.15, -0.1) is 0 Å². The van der Waals surface area contributed by atoms with E-state index in [4.69, 9.17) is 5.73 Å². The molecular weight excluding hydrogens is 250 g/mol. The Morgan fingerprint density at radius 1 is 1.15 bits per heavy atom. The monoisotopic (exact) mass is 265 g/mol. The number of fused-ring (bicyclic) bond motifs is 1. The van der Waals surface area contributed by atoms with E-state index in [2.05, 4.69) is 10.5 Å². The highest BCUT2D eigenvalue weighted by atomic mass is 16.2. The number of carbonyl (C=O) groups excluding carboxylic acids is 1. The van der Waals surface area contributed by atoms with Gasteiger partial charge in [-0.05, 0) is 23.3 Å². The number of amides is 1. The molecule has 0 aromatic heterocycles. The fraction of sp³-hybridized carbons (Fsp3) is 0.125. The summed E-state index contributed by atoms with van der Waals surface area (Å²) in [6, 6.07) is 15.6. The predicted molar refractivity (Wildman–Crippen MR) is 79.4 cm³/mol. The lowest BCUT2D eigenvalue weighted by atomic mass is 9.96. The standard InChI is InChI=1S/C16H15N3O/c17-13-6-3-4-11(8-13)9-15-14-7-2-1-5-12(14)10-16(20)19-18-15/h1-8H,9-10,17H2,(H,19,20). The van der Waals surface area contributed by atoms with Crippen LogP contribution in [0.3, 0.4) is 0 Å². The second-order valence-corrected chi connectivity index (χ2v) is 4.85. The Morgan fingerprint density at radius 2 is 2.00 bits per heavy atom. The number of nitrogen functional groups attached to an aromatic ring is 1. The molecule has 0 atom stereocenters. The van der Waals surface area contributed by atoms with Crippen molar-refractivity contribution in [3.8, 4) is 0 Å². The molecule has 2 aromatic rings. The molecule has 0 spiro atoms. The molecule has 0 fully saturated rings. The Kier molecular flexibility index (Phi) is 3.21. The Labute approximate surface area is 117 Å². The van der Waals surface area contributed by atoms with Crippen LogP contribution in [0.25, 0.3) is 0 Å². The molecule has 100 valence electrons. The molecule has 4 nitrogen and oxygen atoms in total. The number of hydrazone groups is 1. The summed E-state index contributed by atoms with van der Waals surface area (Å²) in [7, 11) is 0. The molecule has 1 aliphatic heterocycles. The summed E-state index contributed by atoms with van der Waals surface area (Å²) in [5, 5.41) is 4.25. The van der Waals surface area contributed by atoms with Gasteiger partial charge >= 0.3 is 0 Å². The molecule has 0 saturated carbocycles. The summed E-state index contributed by atoms with van der Waals surface area (Å²) in [5.41, 5.74) is 13.1. The van der Waals surface area contributed by atoms with E-state index in [1.165, 1.54) is 0 Å². The van der Waals surface area contributed by atoms with Crippen molar-refractivity contribution < 1.29 is 4.79 Å². The van der Waals surface area contributed by atoms with Crippen LogP contribution >= 0.6 is 0 Å². The van der Waals surface area contributed by atoms with E-state index in [0.29, 0.717) is 12.8 Å². The number of nitrogens with zero attached hydrogens (tertiary/aromatic N) is 1. The van der Waals surface area contributed by atoms with Crippen LogP contribution < -0.4 is 11.2 Å². The number of carbonyl (C=O) groups is 1.